The minimum atomic E-state index is -4.17. The van der Waals surface area contributed by atoms with Gasteiger partial charge in [-0.3, -0.25) is 0 Å². The van der Waals surface area contributed by atoms with E-state index >= 15 is 0 Å². The Bertz CT molecular complexity index is 1020. The van der Waals surface area contributed by atoms with E-state index in [2.05, 4.69) is 27.1 Å². The summed E-state index contributed by atoms with van der Waals surface area (Å²) in [5.74, 6) is 5.88. The number of aromatic nitrogens is 1. The van der Waals surface area contributed by atoms with Crippen LogP contribution in [0.1, 0.15) is 12.5 Å². The molecule has 0 atom stereocenters. The molecule has 0 radical (unpaired) electrons. The number of carbonyl (C=O) groups is 1. The summed E-state index contributed by atoms with van der Waals surface area (Å²) in [6.07, 6.45) is 0. The van der Waals surface area contributed by atoms with Gasteiger partial charge in [-0.25, -0.2) is 17.9 Å². The number of rotatable bonds is 5. The second-order valence-corrected chi connectivity index (χ2v) is 6.54. The van der Waals surface area contributed by atoms with Gasteiger partial charge in [0.2, 0.25) is 5.88 Å². The monoisotopic (exact) mass is 388 g/mol. The number of carbonyl (C=O) groups excluding carboxylic acids is 1. The molecule has 2 aromatic rings. The molecule has 0 saturated carbocycles. The summed E-state index contributed by atoms with van der Waals surface area (Å²) >= 11 is 0. The SMILES string of the molecule is CC#Cc1ccccc1S(=O)(=O)NC(=O)N=Nc1cc(OC)cc(OC)n1. The molecule has 0 saturated heterocycles. The van der Waals surface area contributed by atoms with E-state index in [0.29, 0.717) is 5.75 Å². The average molecular weight is 388 g/mol. The highest BCUT2D eigenvalue weighted by molar-refractivity contribution is 7.90. The van der Waals surface area contributed by atoms with Gasteiger partial charge < -0.3 is 9.47 Å². The summed E-state index contributed by atoms with van der Waals surface area (Å²) in [5.41, 5.74) is 0.261. The van der Waals surface area contributed by atoms with E-state index in [0.717, 1.165) is 0 Å². The van der Waals surface area contributed by atoms with Crippen LogP contribution in [0.15, 0.2) is 51.5 Å². The Labute approximate surface area is 156 Å². The Morgan fingerprint density at radius 1 is 1.19 bits per heavy atom. The predicted octanol–water partition coefficient (Wildman–Crippen LogP) is 2.65. The average Bonchev–Trinajstić information content (AvgIpc) is 2.66. The first-order valence-corrected chi connectivity index (χ1v) is 8.98. The number of pyridine rings is 1. The third kappa shape index (κ3) is 5.26. The van der Waals surface area contributed by atoms with Crippen LogP contribution < -0.4 is 14.2 Å². The van der Waals surface area contributed by atoms with Gasteiger partial charge in [-0.2, -0.15) is 4.98 Å². The van der Waals surface area contributed by atoms with Crippen molar-refractivity contribution in [3.05, 3.63) is 42.0 Å². The fourth-order valence-corrected chi connectivity index (χ4v) is 3.01. The second kappa shape index (κ2) is 8.77. The molecular formula is C17H16N4O5S. The van der Waals surface area contributed by atoms with Gasteiger partial charge in [0.15, 0.2) is 5.82 Å². The minimum Gasteiger partial charge on any atom is -0.496 e. The molecule has 0 aliphatic heterocycles. The number of hydrogen-bond acceptors (Lipinski definition) is 7. The molecule has 10 heteroatoms. The highest BCUT2D eigenvalue weighted by Crippen LogP contribution is 2.23. The smallest absolute Gasteiger partial charge is 0.373 e. The van der Waals surface area contributed by atoms with Gasteiger partial charge in [0.05, 0.1) is 14.2 Å². The van der Waals surface area contributed by atoms with Gasteiger partial charge >= 0.3 is 6.03 Å². The first kappa shape index (κ1) is 19.9. The molecule has 0 spiro atoms. The van der Waals surface area contributed by atoms with Crippen LogP contribution in [0, 0.1) is 11.8 Å². The van der Waals surface area contributed by atoms with E-state index < -0.39 is 16.1 Å². The highest BCUT2D eigenvalue weighted by Gasteiger charge is 2.20. The van der Waals surface area contributed by atoms with E-state index in [-0.39, 0.29) is 22.2 Å². The number of sulfonamides is 1. The van der Waals surface area contributed by atoms with Crippen molar-refractivity contribution < 1.29 is 22.7 Å². The molecule has 9 nitrogen and oxygen atoms in total. The van der Waals surface area contributed by atoms with Crippen molar-refractivity contribution in [2.45, 2.75) is 11.8 Å². The number of nitrogens with zero attached hydrogens (tertiary/aromatic N) is 3. The third-order valence-electron chi connectivity index (χ3n) is 3.11. The fraction of sp³-hybridized carbons (Fsp3) is 0.176. The van der Waals surface area contributed by atoms with Gasteiger partial charge in [0.25, 0.3) is 10.0 Å². The van der Waals surface area contributed by atoms with Crippen LogP contribution in [0.4, 0.5) is 10.6 Å². The van der Waals surface area contributed by atoms with Crippen LogP contribution in [0.2, 0.25) is 0 Å². The molecule has 1 N–H and O–H groups in total. The van der Waals surface area contributed by atoms with Gasteiger partial charge in [0, 0.05) is 17.7 Å². The lowest BCUT2D eigenvalue weighted by Crippen LogP contribution is -2.28. The quantitative estimate of drug-likeness (QED) is 0.621. The maximum atomic E-state index is 12.4. The van der Waals surface area contributed by atoms with Crippen LogP contribution in [0.25, 0.3) is 0 Å². The zero-order chi connectivity index (χ0) is 19.9. The number of benzene rings is 1. The number of methoxy groups -OCH3 is 2. The van der Waals surface area contributed by atoms with Crippen molar-refractivity contribution in [2.24, 2.45) is 10.2 Å². The van der Waals surface area contributed by atoms with Crippen LogP contribution in [-0.2, 0) is 10.0 Å². The minimum absolute atomic E-state index is 0.0102. The van der Waals surface area contributed by atoms with Crippen molar-refractivity contribution in [3.8, 4) is 23.5 Å². The molecule has 0 aliphatic carbocycles. The summed E-state index contributed by atoms with van der Waals surface area (Å²) in [6, 6.07) is 7.76. The van der Waals surface area contributed by atoms with Crippen LogP contribution in [0.5, 0.6) is 11.6 Å². The zero-order valence-corrected chi connectivity index (χ0v) is 15.6. The molecule has 2 rings (SSSR count). The lowest BCUT2D eigenvalue weighted by atomic mass is 10.2. The van der Waals surface area contributed by atoms with Crippen LogP contribution >= 0.6 is 0 Å². The van der Waals surface area contributed by atoms with Crippen molar-refractivity contribution in [1.82, 2.24) is 9.71 Å². The molecule has 0 fully saturated rings. The van der Waals surface area contributed by atoms with E-state index in [1.165, 1.54) is 44.6 Å². The maximum Gasteiger partial charge on any atom is 0.373 e. The summed E-state index contributed by atoms with van der Waals surface area (Å²) in [4.78, 5) is 15.7. The fourth-order valence-electron chi connectivity index (χ4n) is 1.97. The number of urea groups is 1. The topological polar surface area (TPSA) is 119 Å². The number of ether oxygens (including phenoxy) is 2. The molecule has 1 aromatic carbocycles. The van der Waals surface area contributed by atoms with E-state index in [9.17, 15) is 13.2 Å². The van der Waals surface area contributed by atoms with E-state index in [1.54, 1.807) is 13.0 Å². The van der Waals surface area contributed by atoms with Crippen molar-refractivity contribution in [2.75, 3.05) is 14.2 Å². The van der Waals surface area contributed by atoms with E-state index in [1.807, 2.05) is 4.72 Å². The largest absolute Gasteiger partial charge is 0.496 e. The van der Waals surface area contributed by atoms with Gasteiger partial charge in [0.1, 0.15) is 10.6 Å². The summed E-state index contributed by atoms with van der Waals surface area (Å²) in [6.45, 7) is 1.58. The van der Waals surface area contributed by atoms with Crippen molar-refractivity contribution >= 4 is 21.9 Å². The lowest BCUT2D eigenvalue weighted by Gasteiger charge is -2.06. The highest BCUT2D eigenvalue weighted by atomic mass is 32.2. The molecule has 0 unspecified atom stereocenters. The van der Waals surface area contributed by atoms with Crippen molar-refractivity contribution in [3.63, 3.8) is 0 Å². The van der Waals surface area contributed by atoms with Crippen LogP contribution in [0.3, 0.4) is 0 Å². The Balaban J connectivity index is 2.22. The summed E-state index contributed by atoms with van der Waals surface area (Å²) in [7, 11) is -1.33. The Morgan fingerprint density at radius 2 is 1.93 bits per heavy atom. The normalized spacial score (nSPS) is 10.8. The zero-order valence-electron chi connectivity index (χ0n) is 14.8. The lowest BCUT2D eigenvalue weighted by molar-refractivity contribution is 0.252. The van der Waals surface area contributed by atoms with Crippen molar-refractivity contribution in [1.29, 1.82) is 0 Å². The molecule has 0 aliphatic rings. The number of amides is 2. The van der Waals surface area contributed by atoms with E-state index in [4.69, 9.17) is 9.47 Å². The molecule has 1 aromatic heterocycles. The number of azo groups is 1. The second-order valence-electron chi connectivity index (χ2n) is 4.89. The maximum absolute atomic E-state index is 12.4. The standard InChI is InChI=1S/C17H16N4O5S/c1-4-7-12-8-5-6-9-14(12)27(23,24)21-17(22)20-19-15-10-13(25-2)11-16(18-15)26-3/h5-6,8-11H,1-3H3,(H,21,22). The summed E-state index contributed by atoms with van der Waals surface area (Å²) < 4.78 is 36.6. The number of nitrogens with one attached hydrogen (secondary N) is 1. The molecule has 2 amide bonds. The number of hydrogen-bond donors (Lipinski definition) is 1. The Hall–Kier alpha value is -3.45. The first-order valence-electron chi connectivity index (χ1n) is 7.50. The molecular weight excluding hydrogens is 372 g/mol. The van der Waals surface area contributed by atoms with Crippen LogP contribution in [-0.4, -0.2) is 33.7 Å². The van der Waals surface area contributed by atoms with Gasteiger partial charge in [-0.15, -0.1) is 11.0 Å². The molecule has 27 heavy (non-hydrogen) atoms. The predicted molar refractivity (Wildman–Crippen MR) is 96.6 cm³/mol. The summed E-state index contributed by atoms with van der Waals surface area (Å²) in [5, 5.41) is 6.93. The Morgan fingerprint density at radius 3 is 2.59 bits per heavy atom. The van der Waals surface area contributed by atoms with Gasteiger partial charge in [-0.1, -0.05) is 23.2 Å². The van der Waals surface area contributed by atoms with Gasteiger partial charge in [-0.05, 0) is 19.1 Å². The Kier molecular flexibility index (Phi) is 6.46. The first-order chi connectivity index (χ1) is 12.9. The molecule has 0 bridgehead atoms. The third-order valence-corrected chi connectivity index (χ3v) is 4.49. The molecule has 140 valence electrons. The molecule has 1 heterocycles.